The lowest BCUT2D eigenvalue weighted by atomic mass is 10.2. The first kappa shape index (κ1) is 9.69. The maximum atomic E-state index is 5.16. The number of hydrogen-bond acceptors (Lipinski definition) is 4. The van der Waals surface area contributed by atoms with Gasteiger partial charge in [-0.3, -0.25) is 0 Å². The lowest BCUT2D eigenvalue weighted by molar-refractivity contribution is 0.183. The minimum atomic E-state index is 0.505. The van der Waals surface area contributed by atoms with Crippen LogP contribution in [0.1, 0.15) is 5.69 Å². The lowest BCUT2D eigenvalue weighted by Gasteiger charge is -2.03. The number of fused-ring (bicyclic) bond motifs is 3. The largest absolute Gasteiger partial charge is 0.378 e. The third-order valence-corrected chi connectivity index (χ3v) is 3.39. The molecule has 0 atom stereocenters. The molecular formula is C12H10N2OS. The molecule has 2 aromatic heterocycles. The second-order valence-corrected chi connectivity index (χ2v) is 4.39. The molecule has 0 aliphatic heterocycles. The highest BCUT2D eigenvalue weighted by atomic mass is 32.1. The molecule has 3 aromatic rings. The first-order valence-electron chi connectivity index (χ1n) is 5.00. The van der Waals surface area contributed by atoms with Gasteiger partial charge in [0.1, 0.15) is 5.52 Å². The molecule has 0 aliphatic carbocycles. The number of benzene rings is 1. The number of ether oxygens (including phenoxy) is 1. The van der Waals surface area contributed by atoms with E-state index >= 15 is 0 Å². The summed E-state index contributed by atoms with van der Waals surface area (Å²) in [5, 5.41) is 1.17. The van der Waals surface area contributed by atoms with Crippen molar-refractivity contribution in [3.63, 3.8) is 0 Å². The molecule has 3 rings (SSSR count). The number of rotatable bonds is 2. The molecule has 0 aliphatic rings. The second kappa shape index (κ2) is 3.81. The molecule has 0 saturated heterocycles. The van der Waals surface area contributed by atoms with Crippen LogP contribution in [0.15, 0.2) is 29.8 Å². The smallest absolute Gasteiger partial charge is 0.106 e. The fraction of sp³-hybridized carbons (Fsp3) is 0.167. The van der Waals surface area contributed by atoms with Crippen molar-refractivity contribution in [2.24, 2.45) is 0 Å². The van der Waals surface area contributed by atoms with Crippen molar-refractivity contribution in [3.05, 3.63) is 35.5 Å². The fourth-order valence-corrected chi connectivity index (χ4v) is 2.69. The van der Waals surface area contributed by atoms with E-state index in [0.717, 1.165) is 16.7 Å². The average molecular weight is 230 g/mol. The summed E-state index contributed by atoms with van der Waals surface area (Å²) in [6.45, 7) is 0.505. The van der Waals surface area contributed by atoms with Crippen molar-refractivity contribution in [1.82, 2.24) is 9.97 Å². The van der Waals surface area contributed by atoms with Gasteiger partial charge in [-0.25, -0.2) is 9.97 Å². The monoisotopic (exact) mass is 230 g/mol. The van der Waals surface area contributed by atoms with Crippen LogP contribution in [0.5, 0.6) is 0 Å². The summed E-state index contributed by atoms with van der Waals surface area (Å²) in [5.74, 6) is 0. The Hall–Kier alpha value is -1.52. The van der Waals surface area contributed by atoms with Gasteiger partial charge in [-0.1, -0.05) is 18.2 Å². The van der Waals surface area contributed by atoms with E-state index < -0.39 is 0 Å². The van der Waals surface area contributed by atoms with Gasteiger partial charge >= 0.3 is 0 Å². The summed E-state index contributed by atoms with van der Waals surface area (Å²) in [5.41, 5.74) is 4.74. The minimum Gasteiger partial charge on any atom is -0.378 e. The van der Waals surface area contributed by atoms with E-state index in [-0.39, 0.29) is 0 Å². The van der Waals surface area contributed by atoms with Crippen LogP contribution >= 0.6 is 11.3 Å². The Balaban J connectivity index is 2.43. The van der Waals surface area contributed by atoms with Crippen LogP contribution in [0.3, 0.4) is 0 Å². The number of aromatic nitrogens is 2. The molecule has 0 radical (unpaired) electrons. The Kier molecular flexibility index (Phi) is 2.31. The van der Waals surface area contributed by atoms with Crippen LogP contribution in [0, 0.1) is 0 Å². The third kappa shape index (κ3) is 1.38. The van der Waals surface area contributed by atoms with Crippen molar-refractivity contribution < 1.29 is 4.74 Å². The van der Waals surface area contributed by atoms with Crippen LogP contribution in [-0.4, -0.2) is 17.1 Å². The van der Waals surface area contributed by atoms with Gasteiger partial charge in [0.15, 0.2) is 0 Å². The molecule has 0 fully saturated rings. The van der Waals surface area contributed by atoms with Gasteiger partial charge in [0.2, 0.25) is 0 Å². The topological polar surface area (TPSA) is 35.0 Å². The molecule has 2 heterocycles. The molecule has 0 unspecified atom stereocenters. The summed E-state index contributed by atoms with van der Waals surface area (Å²) in [7, 11) is 1.68. The Labute approximate surface area is 96.7 Å². The van der Waals surface area contributed by atoms with Gasteiger partial charge in [0, 0.05) is 12.5 Å². The first-order valence-corrected chi connectivity index (χ1v) is 5.88. The van der Waals surface area contributed by atoms with Gasteiger partial charge in [-0.05, 0) is 6.07 Å². The zero-order valence-corrected chi connectivity index (χ0v) is 9.62. The molecule has 3 nitrogen and oxygen atoms in total. The van der Waals surface area contributed by atoms with E-state index in [0.29, 0.717) is 6.61 Å². The summed E-state index contributed by atoms with van der Waals surface area (Å²) in [4.78, 5) is 8.95. The van der Waals surface area contributed by atoms with Crippen molar-refractivity contribution in [2.45, 2.75) is 6.61 Å². The van der Waals surface area contributed by atoms with Crippen molar-refractivity contribution in [1.29, 1.82) is 0 Å². The van der Waals surface area contributed by atoms with E-state index in [1.54, 1.807) is 18.4 Å². The molecule has 0 amide bonds. The zero-order chi connectivity index (χ0) is 11.0. The highest BCUT2D eigenvalue weighted by molar-refractivity contribution is 7.17. The Morgan fingerprint density at radius 1 is 1.31 bits per heavy atom. The van der Waals surface area contributed by atoms with Gasteiger partial charge in [0.25, 0.3) is 0 Å². The van der Waals surface area contributed by atoms with Gasteiger partial charge < -0.3 is 4.74 Å². The van der Waals surface area contributed by atoms with Gasteiger partial charge in [-0.2, -0.15) is 0 Å². The van der Waals surface area contributed by atoms with E-state index in [4.69, 9.17) is 4.74 Å². The average Bonchev–Trinajstić information content (AvgIpc) is 2.79. The molecular weight excluding hydrogens is 220 g/mol. The van der Waals surface area contributed by atoms with E-state index in [1.807, 2.05) is 23.7 Å². The molecule has 0 spiro atoms. The number of pyridine rings is 1. The van der Waals surface area contributed by atoms with Crippen molar-refractivity contribution in [2.75, 3.05) is 7.11 Å². The molecule has 0 saturated carbocycles. The maximum Gasteiger partial charge on any atom is 0.106 e. The number of hydrogen-bond donors (Lipinski definition) is 0. The van der Waals surface area contributed by atoms with E-state index in [9.17, 15) is 0 Å². The van der Waals surface area contributed by atoms with Crippen LogP contribution in [0.4, 0.5) is 0 Å². The molecule has 0 bridgehead atoms. The van der Waals surface area contributed by atoms with Crippen molar-refractivity contribution in [3.8, 4) is 0 Å². The fourth-order valence-electron chi connectivity index (χ4n) is 1.84. The quantitative estimate of drug-likeness (QED) is 0.678. The second-order valence-electron chi connectivity index (χ2n) is 3.54. The number of nitrogens with zero attached hydrogens (tertiary/aromatic N) is 2. The number of para-hydroxylation sites is 1. The summed E-state index contributed by atoms with van der Waals surface area (Å²) in [6, 6.07) is 8.13. The Morgan fingerprint density at radius 3 is 3.06 bits per heavy atom. The summed E-state index contributed by atoms with van der Waals surface area (Å²) < 4.78 is 6.35. The van der Waals surface area contributed by atoms with Crippen molar-refractivity contribution >= 4 is 32.5 Å². The minimum absolute atomic E-state index is 0.505. The molecule has 4 heteroatoms. The highest BCUT2D eigenvalue weighted by Crippen LogP contribution is 2.28. The number of thiazole rings is 1. The zero-order valence-electron chi connectivity index (χ0n) is 8.80. The molecule has 0 N–H and O–H groups in total. The molecule has 1 aromatic carbocycles. The predicted octanol–water partition coefficient (Wildman–Crippen LogP) is 2.99. The summed E-state index contributed by atoms with van der Waals surface area (Å²) >= 11 is 1.65. The molecule has 16 heavy (non-hydrogen) atoms. The Morgan fingerprint density at radius 2 is 2.19 bits per heavy atom. The normalized spacial score (nSPS) is 11.3. The van der Waals surface area contributed by atoms with Crippen LogP contribution in [0.25, 0.3) is 21.1 Å². The number of methoxy groups -OCH3 is 1. The summed E-state index contributed by atoms with van der Waals surface area (Å²) in [6.07, 6.45) is 0. The lowest BCUT2D eigenvalue weighted by Crippen LogP contribution is -1.94. The maximum absolute atomic E-state index is 5.16. The predicted molar refractivity (Wildman–Crippen MR) is 65.6 cm³/mol. The van der Waals surface area contributed by atoms with Crippen LogP contribution in [-0.2, 0) is 11.3 Å². The van der Waals surface area contributed by atoms with Gasteiger partial charge in [-0.15, -0.1) is 11.3 Å². The first-order chi connectivity index (χ1) is 7.90. The van der Waals surface area contributed by atoms with Gasteiger partial charge in [0.05, 0.1) is 28.0 Å². The van der Waals surface area contributed by atoms with Crippen LogP contribution in [0.2, 0.25) is 0 Å². The standard InChI is InChI=1S/C12H10N2OS/c1-15-6-10-11-12(16-7-13-11)8-4-2-3-5-9(8)14-10/h2-5,7H,6H2,1H3. The highest BCUT2D eigenvalue weighted by Gasteiger charge is 2.09. The van der Waals surface area contributed by atoms with E-state index in [2.05, 4.69) is 16.0 Å². The van der Waals surface area contributed by atoms with E-state index in [1.165, 1.54) is 10.1 Å². The third-order valence-electron chi connectivity index (χ3n) is 2.53. The SMILES string of the molecule is COCc1nc2ccccc2c2scnc12. The Bertz CT molecular complexity index is 648. The molecule has 80 valence electrons. The van der Waals surface area contributed by atoms with Crippen LogP contribution < -0.4 is 0 Å².